The molecule has 1 aromatic rings. The van der Waals surface area contributed by atoms with E-state index in [9.17, 15) is 14.7 Å². The molecule has 1 rings (SSSR count). The van der Waals surface area contributed by atoms with Gasteiger partial charge in [0.2, 0.25) is 5.91 Å². The summed E-state index contributed by atoms with van der Waals surface area (Å²) in [6.07, 6.45) is 0.981. The molecule has 5 heteroatoms. The van der Waals surface area contributed by atoms with Crippen LogP contribution in [0.2, 0.25) is 0 Å². The first kappa shape index (κ1) is 19.9. The molecule has 0 aromatic heterocycles. The zero-order valence-electron chi connectivity index (χ0n) is 15.2. The summed E-state index contributed by atoms with van der Waals surface area (Å²) >= 11 is 0. The van der Waals surface area contributed by atoms with Crippen molar-refractivity contribution in [3.63, 3.8) is 0 Å². The molecule has 0 bridgehead atoms. The smallest absolute Gasteiger partial charge is 0.254 e. The Balaban J connectivity index is 2.74. The highest BCUT2D eigenvalue weighted by Crippen LogP contribution is 2.11. The van der Waals surface area contributed by atoms with Crippen LogP contribution in [0.5, 0.6) is 0 Å². The van der Waals surface area contributed by atoms with E-state index in [0.717, 1.165) is 11.1 Å². The Hall–Kier alpha value is -2.14. The zero-order valence-corrected chi connectivity index (χ0v) is 15.2. The van der Waals surface area contributed by atoms with E-state index in [1.54, 1.807) is 30.0 Å². The van der Waals surface area contributed by atoms with E-state index >= 15 is 0 Å². The lowest BCUT2D eigenvalue weighted by Crippen LogP contribution is -2.41. The Labute approximate surface area is 144 Å². The Bertz CT molecular complexity index is 585. The normalized spacial score (nSPS) is 11.8. The van der Waals surface area contributed by atoms with Gasteiger partial charge in [0.1, 0.15) is 0 Å². The lowest BCUT2D eigenvalue weighted by atomic mass is 10.1. The largest absolute Gasteiger partial charge is 0.392 e. The van der Waals surface area contributed by atoms with Crippen LogP contribution in [0.3, 0.4) is 0 Å². The summed E-state index contributed by atoms with van der Waals surface area (Å²) in [5.41, 5.74) is 2.44. The number of hydrogen-bond acceptors (Lipinski definition) is 3. The second-order valence-electron chi connectivity index (χ2n) is 6.54. The maximum atomic E-state index is 12.6. The quantitative estimate of drug-likeness (QED) is 0.754. The minimum atomic E-state index is -0.569. The summed E-state index contributed by atoms with van der Waals surface area (Å²) in [6, 6.07) is 7.17. The van der Waals surface area contributed by atoms with Crippen molar-refractivity contribution in [2.24, 2.45) is 0 Å². The van der Waals surface area contributed by atoms with E-state index in [4.69, 9.17) is 0 Å². The topological polar surface area (TPSA) is 69.6 Å². The number of benzene rings is 1. The third-order valence-corrected chi connectivity index (χ3v) is 3.43. The molecule has 0 aliphatic heterocycles. The number of rotatable bonds is 7. The van der Waals surface area contributed by atoms with Crippen molar-refractivity contribution in [3.05, 3.63) is 47.0 Å². The van der Waals surface area contributed by atoms with E-state index in [-0.39, 0.29) is 17.9 Å². The molecule has 5 nitrogen and oxygen atoms in total. The highest BCUT2D eigenvalue weighted by molar-refractivity contribution is 5.94. The van der Waals surface area contributed by atoms with Gasteiger partial charge in [0, 0.05) is 30.8 Å². The van der Waals surface area contributed by atoms with Gasteiger partial charge in [-0.2, -0.15) is 0 Å². The first-order valence-electron chi connectivity index (χ1n) is 8.21. The van der Waals surface area contributed by atoms with Crippen molar-refractivity contribution in [2.75, 3.05) is 6.54 Å². The zero-order chi connectivity index (χ0) is 18.3. The fourth-order valence-corrected chi connectivity index (χ4v) is 2.25. The van der Waals surface area contributed by atoms with Crippen LogP contribution in [0.4, 0.5) is 0 Å². The highest BCUT2D eigenvalue weighted by Gasteiger charge is 2.20. The number of nitrogens with one attached hydrogen (secondary N) is 1. The SMILES string of the molecule is CC(C)=CC(=O)NCc1ccc(C(=O)N(CC(C)O)C(C)C)cc1. The lowest BCUT2D eigenvalue weighted by Gasteiger charge is -2.28. The van der Waals surface area contributed by atoms with Crippen molar-refractivity contribution in [3.8, 4) is 0 Å². The molecule has 0 saturated carbocycles. The third kappa shape index (κ3) is 6.54. The van der Waals surface area contributed by atoms with Gasteiger partial charge in [-0.1, -0.05) is 17.7 Å². The van der Waals surface area contributed by atoms with Crippen LogP contribution in [0.1, 0.15) is 50.5 Å². The molecule has 1 atom stereocenters. The number of aliphatic hydroxyl groups is 1. The monoisotopic (exact) mass is 332 g/mol. The Morgan fingerprint density at radius 2 is 1.75 bits per heavy atom. The van der Waals surface area contributed by atoms with Crippen LogP contribution in [-0.2, 0) is 11.3 Å². The minimum Gasteiger partial charge on any atom is -0.392 e. The number of hydrogen-bond donors (Lipinski definition) is 2. The first-order chi connectivity index (χ1) is 11.2. The van der Waals surface area contributed by atoms with Crippen LogP contribution in [-0.4, -0.2) is 40.5 Å². The average Bonchev–Trinajstić information content (AvgIpc) is 2.49. The molecule has 0 heterocycles. The summed E-state index contributed by atoms with van der Waals surface area (Å²) in [5, 5.41) is 12.4. The molecule has 2 N–H and O–H groups in total. The van der Waals surface area contributed by atoms with E-state index in [2.05, 4.69) is 5.32 Å². The van der Waals surface area contributed by atoms with Crippen LogP contribution in [0.15, 0.2) is 35.9 Å². The molecule has 1 aromatic carbocycles. The molecule has 132 valence electrons. The Morgan fingerprint density at radius 3 is 2.21 bits per heavy atom. The molecule has 24 heavy (non-hydrogen) atoms. The number of carbonyl (C=O) groups is 2. The maximum Gasteiger partial charge on any atom is 0.254 e. The summed E-state index contributed by atoms with van der Waals surface area (Å²) in [5.74, 6) is -0.232. The minimum absolute atomic E-state index is 0.00938. The van der Waals surface area contributed by atoms with E-state index in [1.165, 1.54) is 0 Å². The third-order valence-electron chi connectivity index (χ3n) is 3.43. The molecule has 2 amide bonds. The van der Waals surface area contributed by atoms with E-state index in [0.29, 0.717) is 18.7 Å². The molecule has 0 fully saturated rings. The first-order valence-corrected chi connectivity index (χ1v) is 8.21. The number of carbonyl (C=O) groups excluding carboxylic acids is 2. The molecule has 1 unspecified atom stereocenters. The predicted molar refractivity (Wildman–Crippen MR) is 95.6 cm³/mol. The number of amides is 2. The maximum absolute atomic E-state index is 12.6. The van der Waals surface area contributed by atoms with Crippen LogP contribution in [0.25, 0.3) is 0 Å². The predicted octanol–water partition coefficient (Wildman–Crippen LogP) is 2.50. The number of aliphatic hydroxyl groups excluding tert-OH is 1. The lowest BCUT2D eigenvalue weighted by molar-refractivity contribution is -0.116. The molecule has 0 saturated heterocycles. The molecule has 0 spiro atoms. The highest BCUT2D eigenvalue weighted by atomic mass is 16.3. The molecule has 0 radical (unpaired) electrons. The fourth-order valence-electron chi connectivity index (χ4n) is 2.25. The van der Waals surface area contributed by atoms with Crippen molar-refractivity contribution < 1.29 is 14.7 Å². The number of nitrogens with zero attached hydrogens (tertiary/aromatic N) is 1. The number of allylic oxidation sites excluding steroid dienone is 1. The average molecular weight is 332 g/mol. The van der Waals surface area contributed by atoms with Gasteiger partial charge < -0.3 is 15.3 Å². The van der Waals surface area contributed by atoms with E-state index < -0.39 is 6.10 Å². The summed E-state index contributed by atoms with van der Waals surface area (Å²) in [6.45, 7) is 9.97. The van der Waals surface area contributed by atoms with E-state index in [1.807, 2.05) is 39.8 Å². The van der Waals surface area contributed by atoms with Gasteiger partial charge in [-0.25, -0.2) is 0 Å². The second-order valence-corrected chi connectivity index (χ2v) is 6.54. The summed E-state index contributed by atoms with van der Waals surface area (Å²) < 4.78 is 0. The fraction of sp³-hybridized carbons (Fsp3) is 0.474. The molecular formula is C19H28N2O3. The van der Waals surface area contributed by atoms with Crippen molar-refractivity contribution in [1.29, 1.82) is 0 Å². The molecular weight excluding hydrogens is 304 g/mol. The summed E-state index contributed by atoms with van der Waals surface area (Å²) in [4.78, 5) is 25.8. The van der Waals surface area contributed by atoms with Gasteiger partial charge in [0.15, 0.2) is 0 Å². The molecule has 0 aliphatic rings. The van der Waals surface area contributed by atoms with Crippen molar-refractivity contribution in [2.45, 2.75) is 53.3 Å². The second kappa shape index (κ2) is 9.23. The van der Waals surface area contributed by atoms with Crippen LogP contribution in [0, 0.1) is 0 Å². The Kier molecular flexibility index (Phi) is 7.65. The summed E-state index contributed by atoms with van der Waals surface area (Å²) in [7, 11) is 0. The van der Waals surface area contributed by atoms with Crippen molar-refractivity contribution in [1.82, 2.24) is 10.2 Å². The van der Waals surface area contributed by atoms with Crippen LogP contribution >= 0.6 is 0 Å². The molecule has 0 aliphatic carbocycles. The van der Waals surface area contributed by atoms with Crippen LogP contribution < -0.4 is 5.32 Å². The van der Waals surface area contributed by atoms with Crippen molar-refractivity contribution >= 4 is 11.8 Å². The van der Waals surface area contributed by atoms with Gasteiger partial charge in [-0.3, -0.25) is 9.59 Å². The van der Waals surface area contributed by atoms with Gasteiger partial charge in [-0.15, -0.1) is 0 Å². The standard InChI is InChI=1S/C19H28N2O3/c1-13(2)10-18(23)20-11-16-6-8-17(9-7-16)19(24)21(14(3)4)12-15(5)22/h6-10,14-15,22H,11-12H2,1-5H3,(H,20,23). The van der Waals surface area contributed by atoms with Gasteiger partial charge in [0.05, 0.1) is 6.10 Å². The van der Waals surface area contributed by atoms with Gasteiger partial charge in [-0.05, 0) is 52.3 Å². The van der Waals surface area contributed by atoms with Gasteiger partial charge in [0.25, 0.3) is 5.91 Å². The Morgan fingerprint density at radius 1 is 1.17 bits per heavy atom. The van der Waals surface area contributed by atoms with Gasteiger partial charge >= 0.3 is 0 Å².